The number of benzene rings is 1. The molecule has 0 aliphatic heterocycles. The number of para-hydroxylation sites is 1. The van der Waals surface area contributed by atoms with Crippen molar-refractivity contribution in [2.24, 2.45) is 0 Å². The number of hydrogen-bond donors (Lipinski definition) is 1. The van der Waals surface area contributed by atoms with E-state index in [9.17, 15) is 4.39 Å². The third-order valence-corrected chi connectivity index (χ3v) is 2.48. The Balaban J connectivity index is 2.42. The van der Waals surface area contributed by atoms with E-state index >= 15 is 0 Å². The molecule has 0 aliphatic rings. The quantitative estimate of drug-likeness (QED) is 0.857. The number of rotatable bonds is 3. The fraction of sp³-hybridized carbons (Fsp3) is 0.250. The lowest BCUT2D eigenvalue weighted by atomic mass is 10.2. The van der Waals surface area contributed by atoms with E-state index in [0.717, 1.165) is 11.3 Å². The molecule has 0 fully saturated rings. The van der Waals surface area contributed by atoms with Crippen LogP contribution in [0.1, 0.15) is 11.3 Å². The van der Waals surface area contributed by atoms with Gasteiger partial charge >= 0.3 is 0 Å². The Hall–Kier alpha value is -1.68. The molecule has 0 bridgehead atoms. The van der Waals surface area contributed by atoms with Gasteiger partial charge in [0.2, 0.25) is 0 Å². The van der Waals surface area contributed by atoms with Crippen LogP contribution in [0.25, 0.3) is 5.69 Å². The first-order valence-corrected chi connectivity index (χ1v) is 5.13. The van der Waals surface area contributed by atoms with Crippen LogP contribution in [0, 0.1) is 12.7 Å². The third-order valence-electron chi connectivity index (χ3n) is 2.48. The zero-order valence-corrected chi connectivity index (χ0v) is 9.02. The highest BCUT2D eigenvalue weighted by atomic mass is 19.1. The van der Waals surface area contributed by atoms with Crippen LogP contribution < -0.4 is 0 Å². The van der Waals surface area contributed by atoms with Crippen molar-refractivity contribution in [2.45, 2.75) is 13.3 Å². The van der Waals surface area contributed by atoms with Crippen molar-refractivity contribution in [3.63, 3.8) is 0 Å². The minimum absolute atomic E-state index is 0.0732. The van der Waals surface area contributed by atoms with Gasteiger partial charge in [-0.3, -0.25) is 0 Å². The predicted octanol–water partition coefficient (Wildman–Crippen LogP) is 1.85. The average Bonchev–Trinajstić information content (AvgIpc) is 2.61. The maximum absolute atomic E-state index is 13.5. The van der Waals surface area contributed by atoms with Gasteiger partial charge in [0.1, 0.15) is 11.5 Å². The highest BCUT2D eigenvalue weighted by molar-refractivity contribution is 5.34. The summed E-state index contributed by atoms with van der Waals surface area (Å²) < 4.78 is 15.0. The van der Waals surface area contributed by atoms with Crippen molar-refractivity contribution in [3.05, 3.63) is 47.5 Å². The molecule has 2 aromatic rings. The van der Waals surface area contributed by atoms with Crippen molar-refractivity contribution in [3.8, 4) is 5.69 Å². The highest BCUT2D eigenvalue weighted by Gasteiger charge is 2.08. The van der Waals surface area contributed by atoms with Crippen molar-refractivity contribution in [2.75, 3.05) is 6.61 Å². The van der Waals surface area contributed by atoms with Crippen molar-refractivity contribution in [1.29, 1.82) is 0 Å². The molecule has 0 saturated carbocycles. The minimum atomic E-state index is -0.305. The fourth-order valence-electron chi connectivity index (χ4n) is 1.62. The summed E-state index contributed by atoms with van der Waals surface area (Å²) in [6.07, 6.45) is 2.30. The molecule has 0 radical (unpaired) electrons. The zero-order chi connectivity index (χ0) is 11.5. The van der Waals surface area contributed by atoms with Crippen LogP contribution in [0.15, 0.2) is 30.5 Å². The van der Waals surface area contributed by atoms with Gasteiger partial charge in [-0.2, -0.15) is 5.10 Å². The Morgan fingerprint density at radius 2 is 2.12 bits per heavy atom. The molecule has 0 spiro atoms. The summed E-state index contributed by atoms with van der Waals surface area (Å²) in [5.74, 6) is -0.305. The van der Waals surface area contributed by atoms with Gasteiger partial charge in [-0.25, -0.2) is 9.07 Å². The molecular weight excluding hydrogens is 207 g/mol. The van der Waals surface area contributed by atoms with Gasteiger partial charge in [0.05, 0.1) is 5.69 Å². The fourth-order valence-corrected chi connectivity index (χ4v) is 1.62. The first-order chi connectivity index (χ1) is 7.72. The van der Waals surface area contributed by atoms with E-state index in [0.29, 0.717) is 12.1 Å². The lowest BCUT2D eigenvalue weighted by Gasteiger charge is -2.01. The van der Waals surface area contributed by atoms with Crippen LogP contribution in [-0.2, 0) is 6.42 Å². The largest absolute Gasteiger partial charge is 0.396 e. The maximum atomic E-state index is 13.5. The molecule has 0 amide bonds. The van der Waals surface area contributed by atoms with Gasteiger partial charge in [0, 0.05) is 12.8 Å². The SMILES string of the molecule is Cc1nn(-c2ccccc2F)cc1CCO. The van der Waals surface area contributed by atoms with Crippen molar-refractivity contribution < 1.29 is 9.50 Å². The lowest BCUT2D eigenvalue weighted by Crippen LogP contribution is -1.97. The molecule has 0 atom stereocenters. The number of hydrogen-bond acceptors (Lipinski definition) is 2. The number of halogens is 1. The number of aryl methyl sites for hydroxylation is 1. The normalized spacial score (nSPS) is 10.7. The van der Waals surface area contributed by atoms with Gasteiger partial charge in [-0.15, -0.1) is 0 Å². The summed E-state index contributed by atoms with van der Waals surface area (Å²) in [6, 6.07) is 6.48. The molecular formula is C12H13FN2O. The number of nitrogens with zero attached hydrogens (tertiary/aromatic N) is 2. The summed E-state index contributed by atoms with van der Waals surface area (Å²) in [5, 5.41) is 13.1. The second-order valence-electron chi connectivity index (χ2n) is 3.61. The molecule has 3 nitrogen and oxygen atoms in total. The van der Waals surface area contributed by atoms with Gasteiger partial charge in [0.15, 0.2) is 0 Å². The average molecular weight is 220 g/mol. The third kappa shape index (κ3) is 1.97. The van der Waals surface area contributed by atoms with E-state index in [2.05, 4.69) is 5.10 Å². The van der Waals surface area contributed by atoms with Crippen LogP contribution in [0.4, 0.5) is 4.39 Å². The predicted molar refractivity (Wildman–Crippen MR) is 59.0 cm³/mol. The Morgan fingerprint density at radius 1 is 1.38 bits per heavy atom. The van der Waals surface area contributed by atoms with E-state index in [1.165, 1.54) is 10.7 Å². The standard InChI is InChI=1S/C12H13FN2O/c1-9-10(6-7-16)8-15(14-9)12-5-3-2-4-11(12)13/h2-5,8,16H,6-7H2,1H3. The van der Waals surface area contributed by atoms with Crippen LogP contribution >= 0.6 is 0 Å². The summed E-state index contributed by atoms with van der Waals surface area (Å²) in [5.41, 5.74) is 2.18. The molecule has 0 unspecified atom stereocenters. The van der Waals surface area contributed by atoms with Gasteiger partial charge in [-0.05, 0) is 31.0 Å². The van der Waals surface area contributed by atoms with E-state index in [1.807, 2.05) is 6.92 Å². The highest BCUT2D eigenvalue weighted by Crippen LogP contribution is 2.15. The molecule has 16 heavy (non-hydrogen) atoms. The van der Waals surface area contributed by atoms with Crippen LogP contribution in [0.3, 0.4) is 0 Å². The summed E-state index contributed by atoms with van der Waals surface area (Å²) in [7, 11) is 0. The monoisotopic (exact) mass is 220 g/mol. The number of aliphatic hydroxyl groups is 1. The molecule has 84 valence electrons. The van der Waals surface area contributed by atoms with E-state index in [-0.39, 0.29) is 12.4 Å². The Kier molecular flexibility index (Phi) is 3.01. The Morgan fingerprint density at radius 3 is 2.81 bits per heavy atom. The Bertz CT molecular complexity index is 494. The lowest BCUT2D eigenvalue weighted by molar-refractivity contribution is 0.299. The molecule has 1 heterocycles. The minimum Gasteiger partial charge on any atom is -0.396 e. The second-order valence-corrected chi connectivity index (χ2v) is 3.61. The van der Waals surface area contributed by atoms with Crippen LogP contribution in [0.5, 0.6) is 0 Å². The van der Waals surface area contributed by atoms with Gasteiger partial charge in [0.25, 0.3) is 0 Å². The van der Waals surface area contributed by atoms with Gasteiger partial charge < -0.3 is 5.11 Å². The first kappa shape index (κ1) is 10.8. The van der Waals surface area contributed by atoms with Gasteiger partial charge in [-0.1, -0.05) is 12.1 Å². The van der Waals surface area contributed by atoms with Crippen molar-refractivity contribution >= 4 is 0 Å². The molecule has 0 aliphatic carbocycles. The van der Waals surface area contributed by atoms with E-state index < -0.39 is 0 Å². The second kappa shape index (κ2) is 4.45. The molecule has 4 heteroatoms. The Labute approximate surface area is 93.2 Å². The van der Waals surface area contributed by atoms with Crippen LogP contribution in [-0.4, -0.2) is 21.5 Å². The summed E-state index contributed by atoms with van der Waals surface area (Å²) in [4.78, 5) is 0. The van der Waals surface area contributed by atoms with E-state index in [1.54, 1.807) is 24.4 Å². The molecule has 1 N–H and O–H groups in total. The van der Waals surface area contributed by atoms with Crippen molar-refractivity contribution in [1.82, 2.24) is 9.78 Å². The molecule has 0 saturated heterocycles. The smallest absolute Gasteiger partial charge is 0.148 e. The summed E-state index contributed by atoms with van der Waals surface area (Å²) >= 11 is 0. The number of aromatic nitrogens is 2. The van der Waals surface area contributed by atoms with E-state index in [4.69, 9.17) is 5.11 Å². The number of aliphatic hydroxyl groups excluding tert-OH is 1. The topological polar surface area (TPSA) is 38.0 Å². The molecule has 2 rings (SSSR count). The molecule has 1 aromatic carbocycles. The summed E-state index contributed by atoms with van der Waals surface area (Å²) in [6.45, 7) is 1.92. The zero-order valence-electron chi connectivity index (χ0n) is 9.02. The maximum Gasteiger partial charge on any atom is 0.148 e. The molecule has 1 aromatic heterocycles. The van der Waals surface area contributed by atoms with Crippen LogP contribution in [0.2, 0.25) is 0 Å². The first-order valence-electron chi connectivity index (χ1n) is 5.13.